The Morgan fingerprint density at radius 2 is 1.74 bits per heavy atom. The number of hydrogen-bond donors (Lipinski definition) is 0. The monoisotopic (exact) mass is 494 g/mol. The quantitative estimate of drug-likeness (QED) is 0.542. The van der Waals surface area contributed by atoms with Crippen molar-refractivity contribution >= 4 is 21.4 Å². The minimum absolute atomic E-state index is 0.0543. The van der Waals surface area contributed by atoms with Crippen molar-refractivity contribution in [1.29, 1.82) is 0 Å². The molecule has 0 N–H and O–H groups in total. The number of sulfone groups is 1. The predicted molar refractivity (Wildman–Crippen MR) is 136 cm³/mol. The Labute approximate surface area is 206 Å². The van der Waals surface area contributed by atoms with Crippen molar-refractivity contribution < 1.29 is 17.9 Å². The molecule has 0 unspecified atom stereocenters. The second-order valence-corrected chi connectivity index (χ2v) is 11.5. The van der Waals surface area contributed by atoms with Crippen molar-refractivity contribution in [3.05, 3.63) is 65.9 Å². The molecule has 2 saturated heterocycles. The lowest BCUT2D eigenvalue weighted by Crippen LogP contribution is -2.49. The number of carbonyl (C=O) groups is 1. The fraction of sp³-hybridized carbons (Fsp3) is 0.385. The molecule has 3 heterocycles. The first-order chi connectivity index (χ1) is 16.8. The van der Waals surface area contributed by atoms with E-state index in [1.54, 1.807) is 11.8 Å². The molecule has 35 heavy (non-hydrogen) atoms. The zero-order valence-corrected chi connectivity index (χ0v) is 20.9. The van der Waals surface area contributed by atoms with Gasteiger partial charge in [0.2, 0.25) is 0 Å². The number of aromatic nitrogens is 2. The van der Waals surface area contributed by atoms with Gasteiger partial charge in [-0.1, -0.05) is 42.0 Å². The number of rotatable bonds is 5. The van der Waals surface area contributed by atoms with Gasteiger partial charge in [0.25, 0.3) is 5.91 Å². The van der Waals surface area contributed by atoms with Gasteiger partial charge in [0, 0.05) is 26.2 Å². The van der Waals surface area contributed by atoms with Gasteiger partial charge in [-0.3, -0.25) is 9.48 Å². The Morgan fingerprint density at radius 3 is 2.40 bits per heavy atom. The molecular weight excluding hydrogens is 464 g/mol. The number of benzene rings is 2. The Kier molecular flexibility index (Phi) is 6.27. The molecule has 5 rings (SSSR count). The first-order valence-corrected chi connectivity index (χ1v) is 13.7. The Bertz CT molecular complexity index is 1330. The highest BCUT2D eigenvalue weighted by Crippen LogP contribution is 2.31. The van der Waals surface area contributed by atoms with Crippen LogP contribution in [-0.4, -0.2) is 73.8 Å². The largest absolute Gasteiger partial charge is 0.495 e. The zero-order chi connectivity index (χ0) is 24.6. The lowest BCUT2D eigenvalue weighted by Gasteiger charge is -2.36. The molecule has 1 amide bonds. The van der Waals surface area contributed by atoms with Crippen LogP contribution in [0.25, 0.3) is 11.3 Å². The number of aryl methyl sites for hydroxylation is 1. The van der Waals surface area contributed by atoms with Gasteiger partial charge in [-0.2, -0.15) is 5.10 Å². The first kappa shape index (κ1) is 23.4. The second kappa shape index (κ2) is 9.37. The molecule has 2 aliphatic rings. The van der Waals surface area contributed by atoms with E-state index in [9.17, 15) is 13.2 Å². The van der Waals surface area contributed by atoms with Crippen LogP contribution in [0.3, 0.4) is 0 Å². The van der Waals surface area contributed by atoms with Crippen molar-refractivity contribution in [3.63, 3.8) is 0 Å². The van der Waals surface area contributed by atoms with Crippen molar-refractivity contribution in [2.45, 2.75) is 19.4 Å². The third kappa shape index (κ3) is 4.77. The number of ether oxygens (including phenoxy) is 1. The molecule has 184 valence electrons. The Hall–Kier alpha value is -3.33. The number of hydrogen-bond acceptors (Lipinski definition) is 6. The highest BCUT2D eigenvalue weighted by molar-refractivity contribution is 7.91. The number of anilines is 1. The van der Waals surface area contributed by atoms with E-state index in [2.05, 4.69) is 10.00 Å². The van der Waals surface area contributed by atoms with Gasteiger partial charge in [-0.05, 0) is 37.1 Å². The number of methoxy groups -OCH3 is 1. The molecule has 2 aliphatic heterocycles. The zero-order valence-electron chi connectivity index (χ0n) is 20.1. The molecule has 2 fully saturated rings. The van der Waals surface area contributed by atoms with Crippen molar-refractivity contribution in [1.82, 2.24) is 14.7 Å². The van der Waals surface area contributed by atoms with Gasteiger partial charge in [-0.25, -0.2) is 8.42 Å². The van der Waals surface area contributed by atoms with E-state index in [4.69, 9.17) is 4.74 Å². The molecule has 1 aromatic heterocycles. The summed E-state index contributed by atoms with van der Waals surface area (Å²) in [5, 5.41) is 4.66. The normalized spacial score (nSPS) is 19.7. The molecule has 0 saturated carbocycles. The van der Waals surface area contributed by atoms with Crippen LogP contribution in [0.2, 0.25) is 0 Å². The SMILES string of the molecule is COc1ccccc1N1CCN(C(=O)c2cc(-c3ccc(C)cc3)n([C@H]3CCS(=O)(=O)C3)n2)CC1. The van der Waals surface area contributed by atoms with E-state index in [1.165, 1.54) is 0 Å². The maximum atomic E-state index is 13.4. The summed E-state index contributed by atoms with van der Waals surface area (Å²) in [6.45, 7) is 4.55. The molecule has 9 heteroatoms. The van der Waals surface area contributed by atoms with Crippen LogP contribution in [0.1, 0.15) is 28.5 Å². The van der Waals surface area contributed by atoms with Gasteiger partial charge >= 0.3 is 0 Å². The van der Waals surface area contributed by atoms with Gasteiger partial charge in [0.05, 0.1) is 36.0 Å². The number of nitrogens with zero attached hydrogens (tertiary/aromatic N) is 4. The summed E-state index contributed by atoms with van der Waals surface area (Å²) in [5.74, 6) is 0.899. The minimum Gasteiger partial charge on any atom is -0.495 e. The summed E-state index contributed by atoms with van der Waals surface area (Å²) in [7, 11) is -1.43. The number of amides is 1. The Morgan fingerprint density at radius 1 is 1.03 bits per heavy atom. The van der Waals surface area contributed by atoms with Crippen LogP contribution in [0, 0.1) is 6.92 Å². The van der Waals surface area contributed by atoms with Crippen LogP contribution in [-0.2, 0) is 9.84 Å². The average molecular weight is 495 g/mol. The first-order valence-electron chi connectivity index (χ1n) is 11.9. The number of carbonyl (C=O) groups excluding carboxylic acids is 1. The van der Waals surface area contributed by atoms with Crippen LogP contribution in [0.15, 0.2) is 54.6 Å². The molecule has 0 bridgehead atoms. The smallest absolute Gasteiger partial charge is 0.274 e. The van der Waals surface area contributed by atoms with Crippen molar-refractivity contribution in [2.75, 3.05) is 49.7 Å². The summed E-state index contributed by atoms with van der Waals surface area (Å²) in [4.78, 5) is 17.5. The lowest BCUT2D eigenvalue weighted by molar-refractivity contribution is 0.0739. The highest BCUT2D eigenvalue weighted by atomic mass is 32.2. The maximum absolute atomic E-state index is 13.4. The topological polar surface area (TPSA) is 84.7 Å². The van der Waals surface area contributed by atoms with Gasteiger partial charge in [0.15, 0.2) is 15.5 Å². The summed E-state index contributed by atoms with van der Waals surface area (Å²) >= 11 is 0. The van der Waals surface area contributed by atoms with Crippen molar-refractivity contribution in [3.8, 4) is 17.0 Å². The van der Waals surface area contributed by atoms with E-state index in [-0.39, 0.29) is 23.5 Å². The molecule has 3 aromatic rings. The second-order valence-electron chi connectivity index (χ2n) is 9.23. The standard InChI is InChI=1S/C26H30N4O4S/c1-19-7-9-20(10-8-19)24-17-22(27-30(24)21-11-16-35(32,33)18-21)26(31)29-14-12-28(13-15-29)23-5-3-4-6-25(23)34-2/h3-10,17,21H,11-16,18H2,1-2H3/t21-/m0/s1. The van der Waals surface area contributed by atoms with Crippen LogP contribution < -0.4 is 9.64 Å². The summed E-state index contributed by atoms with van der Waals surface area (Å²) < 4.78 is 31.6. The summed E-state index contributed by atoms with van der Waals surface area (Å²) in [6.07, 6.45) is 0.508. The summed E-state index contributed by atoms with van der Waals surface area (Å²) in [5.41, 5.74) is 4.22. The number of piperazine rings is 1. The van der Waals surface area contributed by atoms with E-state index < -0.39 is 9.84 Å². The maximum Gasteiger partial charge on any atom is 0.274 e. The highest BCUT2D eigenvalue weighted by Gasteiger charge is 2.33. The third-order valence-corrected chi connectivity index (χ3v) is 8.60. The predicted octanol–water partition coefficient (Wildman–Crippen LogP) is 3.19. The molecular formula is C26H30N4O4S. The van der Waals surface area contributed by atoms with E-state index in [0.29, 0.717) is 38.3 Å². The number of para-hydroxylation sites is 2. The van der Waals surface area contributed by atoms with Crippen LogP contribution in [0.4, 0.5) is 5.69 Å². The molecule has 0 spiro atoms. The molecule has 1 atom stereocenters. The third-order valence-electron chi connectivity index (χ3n) is 6.85. The van der Waals surface area contributed by atoms with Crippen LogP contribution >= 0.6 is 0 Å². The van der Waals surface area contributed by atoms with Gasteiger partial charge < -0.3 is 14.5 Å². The van der Waals surface area contributed by atoms with Gasteiger partial charge in [0.1, 0.15) is 5.75 Å². The molecule has 2 aromatic carbocycles. The van der Waals surface area contributed by atoms with Crippen LogP contribution in [0.5, 0.6) is 5.75 Å². The Balaban J connectivity index is 1.38. The van der Waals surface area contributed by atoms with Crippen molar-refractivity contribution in [2.24, 2.45) is 0 Å². The van der Waals surface area contributed by atoms with Gasteiger partial charge in [-0.15, -0.1) is 0 Å². The summed E-state index contributed by atoms with van der Waals surface area (Å²) in [6, 6.07) is 17.4. The fourth-order valence-electron chi connectivity index (χ4n) is 4.89. The fourth-order valence-corrected chi connectivity index (χ4v) is 6.58. The average Bonchev–Trinajstić information content (AvgIpc) is 3.47. The molecule has 0 radical (unpaired) electrons. The minimum atomic E-state index is -3.09. The van der Waals surface area contributed by atoms with E-state index in [1.807, 2.05) is 66.4 Å². The molecule has 0 aliphatic carbocycles. The molecule has 8 nitrogen and oxygen atoms in total. The lowest BCUT2D eigenvalue weighted by atomic mass is 10.1. The van der Waals surface area contributed by atoms with E-state index in [0.717, 1.165) is 28.3 Å². The van der Waals surface area contributed by atoms with E-state index >= 15 is 0 Å².